The highest BCUT2D eigenvalue weighted by molar-refractivity contribution is 6.36. The number of amides is 1. The van der Waals surface area contributed by atoms with Crippen LogP contribution in [0.1, 0.15) is 49.7 Å². The van der Waals surface area contributed by atoms with Crippen molar-refractivity contribution in [2.75, 3.05) is 11.1 Å². The van der Waals surface area contributed by atoms with Crippen molar-refractivity contribution < 1.29 is 4.79 Å². The van der Waals surface area contributed by atoms with E-state index < -0.39 is 0 Å². The van der Waals surface area contributed by atoms with Gasteiger partial charge >= 0.3 is 0 Å². The molecule has 0 spiro atoms. The molecular formula is C22H25N3O. The van der Waals surface area contributed by atoms with Gasteiger partial charge in [0.05, 0.1) is 11.3 Å². The number of hydrogen-bond acceptors (Lipinski definition) is 3. The maximum Gasteiger partial charge on any atom is 0.258 e. The Kier molecular flexibility index (Phi) is 4.65. The van der Waals surface area contributed by atoms with Gasteiger partial charge in [-0.2, -0.15) is 0 Å². The number of hydrogen-bond donors (Lipinski definition) is 3. The molecule has 0 bridgehead atoms. The monoisotopic (exact) mass is 347 g/mol. The highest BCUT2D eigenvalue weighted by Gasteiger charge is 2.29. The third-order valence-electron chi connectivity index (χ3n) is 5.30. The summed E-state index contributed by atoms with van der Waals surface area (Å²) in [6, 6.07) is 16.1. The zero-order chi connectivity index (χ0) is 17.9. The Morgan fingerprint density at radius 1 is 1.00 bits per heavy atom. The highest BCUT2D eigenvalue weighted by Crippen LogP contribution is 2.37. The minimum Gasteiger partial charge on any atom is -0.399 e. The molecule has 134 valence electrons. The fraction of sp³-hybridized carbons (Fsp3) is 0.318. The smallest absolute Gasteiger partial charge is 0.258 e. The Morgan fingerprint density at radius 2 is 1.73 bits per heavy atom. The normalized spacial score (nSPS) is 19.5. The van der Waals surface area contributed by atoms with Gasteiger partial charge in [0.2, 0.25) is 0 Å². The van der Waals surface area contributed by atoms with Gasteiger partial charge in [0.25, 0.3) is 5.91 Å². The second-order valence-electron chi connectivity index (χ2n) is 7.21. The van der Waals surface area contributed by atoms with Crippen LogP contribution in [0.15, 0.2) is 48.5 Å². The number of rotatable bonds is 3. The lowest BCUT2D eigenvalue weighted by Crippen LogP contribution is -2.28. The molecule has 1 aliphatic heterocycles. The minimum absolute atomic E-state index is 0.0643. The number of nitrogens with two attached hydrogens (primary N) is 1. The first-order chi connectivity index (χ1) is 12.7. The molecule has 2 aliphatic rings. The van der Waals surface area contributed by atoms with E-state index in [4.69, 9.17) is 5.73 Å². The van der Waals surface area contributed by atoms with Crippen molar-refractivity contribution in [2.24, 2.45) is 0 Å². The minimum atomic E-state index is -0.0643. The second-order valence-corrected chi connectivity index (χ2v) is 7.21. The number of nitrogens with one attached hydrogen (secondary N) is 2. The van der Waals surface area contributed by atoms with E-state index in [2.05, 4.69) is 22.8 Å². The molecule has 0 aromatic heterocycles. The summed E-state index contributed by atoms with van der Waals surface area (Å²) < 4.78 is 0. The summed E-state index contributed by atoms with van der Waals surface area (Å²) in [5.41, 5.74) is 11.0. The number of benzene rings is 2. The molecule has 0 saturated heterocycles. The molecule has 1 saturated carbocycles. The van der Waals surface area contributed by atoms with Crippen molar-refractivity contribution in [1.82, 2.24) is 5.32 Å². The molecule has 4 heteroatoms. The molecule has 4 nitrogen and oxygen atoms in total. The lowest BCUT2D eigenvalue weighted by Gasteiger charge is -2.22. The van der Waals surface area contributed by atoms with E-state index in [9.17, 15) is 4.79 Å². The van der Waals surface area contributed by atoms with Gasteiger partial charge in [-0.05, 0) is 36.6 Å². The summed E-state index contributed by atoms with van der Waals surface area (Å²) in [7, 11) is 0. The molecule has 26 heavy (non-hydrogen) atoms. The Hall–Kier alpha value is -2.75. The quantitative estimate of drug-likeness (QED) is 0.438. The Balaban J connectivity index is 1.81. The van der Waals surface area contributed by atoms with Gasteiger partial charge < -0.3 is 16.4 Å². The molecule has 0 atom stereocenters. The number of anilines is 2. The molecule has 4 rings (SSSR count). The van der Waals surface area contributed by atoms with E-state index in [0.717, 1.165) is 35.4 Å². The SMILES string of the molecule is Nc1ccc2c(c1)C(=C(NC1CCCCCC1)c1ccccc1)C(=O)N2. The van der Waals surface area contributed by atoms with Crippen LogP contribution in [0.25, 0.3) is 11.3 Å². The topological polar surface area (TPSA) is 67.1 Å². The fourth-order valence-electron chi connectivity index (χ4n) is 3.97. The van der Waals surface area contributed by atoms with E-state index in [0.29, 0.717) is 17.3 Å². The number of carbonyl (C=O) groups is 1. The molecule has 0 radical (unpaired) electrons. The predicted octanol–water partition coefficient (Wildman–Crippen LogP) is 4.40. The van der Waals surface area contributed by atoms with Crippen molar-refractivity contribution in [1.29, 1.82) is 0 Å². The van der Waals surface area contributed by atoms with Crippen molar-refractivity contribution in [2.45, 2.75) is 44.6 Å². The largest absolute Gasteiger partial charge is 0.399 e. The lowest BCUT2D eigenvalue weighted by atomic mass is 9.98. The van der Waals surface area contributed by atoms with Gasteiger partial charge in [-0.25, -0.2) is 0 Å². The van der Waals surface area contributed by atoms with Gasteiger partial charge in [0, 0.05) is 23.0 Å². The van der Waals surface area contributed by atoms with Crippen LogP contribution in [0.2, 0.25) is 0 Å². The first-order valence-corrected chi connectivity index (χ1v) is 9.50. The summed E-state index contributed by atoms with van der Waals surface area (Å²) in [5.74, 6) is -0.0643. The molecule has 1 amide bonds. The average molecular weight is 347 g/mol. The van der Waals surface area contributed by atoms with Crippen LogP contribution < -0.4 is 16.4 Å². The third-order valence-corrected chi connectivity index (χ3v) is 5.30. The molecular weight excluding hydrogens is 322 g/mol. The lowest BCUT2D eigenvalue weighted by molar-refractivity contribution is -0.110. The Morgan fingerprint density at radius 3 is 2.46 bits per heavy atom. The molecule has 1 fully saturated rings. The standard InChI is InChI=1S/C22H25N3O/c23-16-12-13-19-18(14-16)20(22(26)25-19)21(15-8-4-3-5-9-15)24-17-10-6-1-2-7-11-17/h3-5,8-9,12-14,17,24H,1-2,6-7,10-11,23H2,(H,25,26). The third kappa shape index (κ3) is 3.32. The highest BCUT2D eigenvalue weighted by atomic mass is 16.2. The maximum atomic E-state index is 12.8. The predicted molar refractivity (Wildman–Crippen MR) is 107 cm³/mol. The maximum absolute atomic E-state index is 12.8. The second kappa shape index (κ2) is 7.24. The zero-order valence-corrected chi connectivity index (χ0v) is 14.9. The Labute approximate surface area is 154 Å². The van der Waals surface area contributed by atoms with Crippen LogP contribution in [0, 0.1) is 0 Å². The molecule has 2 aromatic carbocycles. The summed E-state index contributed by atoms with van der Waals surface area (Å²) in [6.45, 7) is 0. The Bertz CT molecular complexity index is 834. The molecule has 4 N–H and O–H groups in total. The van der Waals surface area contributed by atoms with Gasteiger partial charge in [-0.3, -0.25) is 4.79 Å². The van der Waals surface area contributed by atoms with E-state index in [1.165, 1.54) is 25.7 Å². The van der Waals surface area contributed by atoms with Crippen LogP contribution in [-0.4, -0.2) is 11.9 Å². The zero-order valence-electron chi connectivity index (χ0n) is 14.9. The van der Waals surface area contributed by atoms with Crippen LogP contribution >= 0.6 is 0 Å². The summed E-state index contributed by atoms with van der Waals surface area (Å²) >= 11 is 0. The van der Waals surface area contributed by atoms with Gasteiger partial charge in [0.15, 0.2) is 0 Å². The summed E-state index contributed by atoms with van der Waals surface area (Å²) in [4.78, 5) is 12.8. The van der Waals surface area contributed by atoms with Gasteiger partial charge in [0.1, 0.15) is 0 Å². The first-order valence-electron chi connectivity index (χ1n) is 9.50. The van der Waals surface area contributed by atoms with E-state index >= 15 is 0 Å². The van der Waals surface area contributed by atoms with Crippen molar-refractivity contribution in [3.63, 3.8) is 0 Å². The number of nitrogen functional groups attached to an aromatic ring is 1. The fourth-order valence-corrected chi connectivity index (χ4v) is 3.97. The van der Waals surface area contributed by atoms with Crippen LogP contribution in [0.4, 0.5) is 11.4 Å². The summed E-state index contributed by atoms with van der Waals surface area (Å²) in [6.07, 6.45) is 7.38. The molecule has 0 unspecified atom stereocenters. The van der Waals surface area contributed by atoms with Crippen LogP contribution in [0.3, 0.4) is 0 Å². The van der Waals surface area contributed by atoms with Crippen molar-refractivity contribution in [3.8, 4) is 0 Å². The molecule has 2 aromatic rings. The van der Waals surface area contributed by atoms with Crippen LogP contribution in [0.5, 0.6) is 0 Å². The van der Waals surface area contributed by atoms with E-state index in [-0.39, 0.29) is 5.91 Å². The van der Waals surface area contributed by atoms with Gasteiger partial charge in [-0.1, -0.05) is 56.0 Å². The average Bonchev–Trinajstić information content (AvgIpc) is 2.82. The summed E-state index contributed by atoms with van der Waals surface area (Å²) in [5, 5.41) is 6.71. The van der Waals surface area contributed by atoms with Crippen LogP contribution in [-0.2, 0) is 4.79 Å². The van der Waals surface area contributed by atoms with Crippen molar-refractivity contribution >= 4 is 28.6 Å². The van der Waals surface area contributed by atoms with E-state index in [1.54, 1.807) is 0 Å². The first kappa shape index (κ1) is 16.7. The molecule has 1 aliphatic carbocycles. The number of fused-ring (bicyclic) bond motifs is 1. The van der Waals surface area contributed by atoms with Gasteiger partial charge in [-0.15, -0.1) is 0 Å². The number of carbonyl (C=O) groups excluding carboxylic acids is 1. The van der Waals surface area contributed by atoms with E-state index in [1.807, 2.05) is 36.4 Å². The molecule has 1 heterocycles. The van der Waals surface area contributed by atoms with Crippen molar-refractivity contribution in [3.05, 3.63) is 59.7 Å².